The summed E-state index contributed by atoms with van der Waals surface area (Å²) in [6.07, 6.45) is 0.459. The highest BCUT2D eigenvalue weighted by Crippen LogP contribution is 2.35. The molecule has 1 N–H and O–H groups in total. The number of alkyl halides is 1. The van der Waals surface area contributed by atoms with Gasteiger partial charge in [-0.1, -0.05) is 40.2 Å². The van der Waals surface area contributed by atoms with Gasteiger partial charge in [0.15, 0.2) is 0 Å². The van der Waals surface area contributed by atoms with Crippen LogP contribution in [0.15, 0.2) is 42.5 Å². The van der Waals surface area contributed by atoms with Gasteiger partial charge in [0, 0.05) is 5.69 Å². The largest absolute Gasteiger partial charge is 0.497 e. The number of nitrogens with one attached hydrogen (secondary N) is 1. The Labute approximate surface area is 126 Å². The molecule has 2 aromatic rings. The number of anilines is 1. The van der Waals surface area contributed by atoms with Crippen molar-refractivity contribution in [2.45, 2.75) is 11.2 Å². The lowest BCUT2D eigenvalue weighted by molar-refractivity contribution is -0.115. The maximum Gasteiger partial charge on any atom is 0.228 e. The lowest BCUT2D eigenvalue weighted by Gasteiger charge is -2.13. The van der Waals surface area contributed by atoms with Crippen LogP contribution >= 0.6 is 15.9 Å². The van der Waals surface area contributed by atoms with E-state index in [1.54, 1.807) is 7.11 Å². The fourth-order valence-electron chi connectivity index (χ4n) is 2.40. The van der Waals surface area contributed by atoms with Gasteiger partial charge in [-0.2, -0.15) is 0 Å². The summed E-state index contributed by atoms with van der Waals surface area (Å²) in [6.45, 7) is 0. The van der Waals surface area contributed by atoms with Crippen molar-refractivity contribution in [2.24, 2.45) is 0 Å². The fraction of sp³-hybridized carbons (Fsp3) is 0.188. The summed E-state index contributed by atoms with van der Waals surface area (Å²) in [7, 11) is 1.66. The molecule has 1 aliphatic heterocycles. The Morgan fingerprint density at radius 2 is 2.00 bits per heavy atom. The normalized spacial score (nSPS) is 14.6. The second-order valence-electron chi connectivity index (χ2n) is 4.78. The molecule has 0 spiro atoms. The fourth-order valence-corrected chi connectivity index (χ4v) is 2.97. The smallest absolute Gasteiger partial charge is 0.228 e. The van der Waals surface area contributed by atoms with E-state index in [9.17, 15) is 4.79 Å². The van der Waals surface area contributed by atoms with Crippen molar-refractivity contribution >= 4 is 27.5 Å². The first-order valence-corrected chi connectivity index (χ1v) is 7.29. The molecular weight excluding hydrogens is 318 g/mol. The zero-order valence-corrected chi connectivity index (χ0v) is 12.6. The molecule has 20 heavy (non-hydrogen) atoms. The van der Waals surface area contributed by atoms with E-state index < -0.39 is 0 Å². The minimum atomic E-state index is 0.0599. The van der Waals surface area contributed by atoms with E-state index in [2.05, 4.69) is 33.4 Å². The Hall–Kier alpha value is -1.81. The van der Waals surface area contributed by atoms with Crippen molar-refractivity contribution < 1.29 is 9.53 Å². The van der Waals surface area contributed by atoms with E-state index in [0.717, 1.165) is 28.1 Å². The van der Waals surface area contributed by atoms with Gasteiger partial charge in [0.2, 0.25) is 5.91 Å². The number of fused-ring (bicyclic) bond motifs is 1. The number of halogens is 1. The summed E-state index contributed by atoms with van der Waals surface area (Å²) in [6, 6.07) is 14.0. The Morgan fingerprint density at radius 1 is 1.20 bits per heavy atom. The molecule has 1 aliphatic rings. The molecule has 1 amide bonds. The Bertz CT molecular complexity index is 669. The third-order valence-electron chi connectivity index (χ3n) is 3.43. The molecule has 1 unspecified atom stereocenters. The second kappa shape index (κ2) is 5.29. The van der Waals surface area contributed by atoms with Crippen LogP contribution in [-0.4, -0.2) is 13.0 Å². The van der Waals surface area contributed by atoms with Crippen molar-refractivity contribution in [2.75, 3.05) is 12.4 Å². The number of benzene rings is 2. The quantitative estimate of drug-likeness (QED) is 0.871. The molecular formula is C16H14BrNO2. The van der Waals surface area contributed by atoms with Gasteiger partial charge in [-0.25, -0.2) is 0 Å². The monoisotopic (exact) mass is 331 g/mol. The van der Waals surface area contributed by atoms with Crippen LogP contribution in [0, 0.1) is 0 Å². The molecule has 0 saturated carbocycles. The molecule has 3 rings (SSSR count). The van der Waals surface area contributed by atoms with Crippen LogP contribution < -0.4 is 10.1 Å². The predicted octanol–water partition coefficient (Wildman–Crippen LogP) is 3.67. The number of hydrogen-bond donors (Lipinski definition) is 1. The molecule has 0 bridgehead atoms. The van der Waals surface area contributed by atoms with Crippen molar-refractivity contribution in [3.63, 3.8) is 0 Å². The number of hydrogen-bond acceptors (Lipinski definition) is 2. The van der Waals surface area contributed by atoms with Crippen LogP contribution in [0.3, 0.4) is 0 Å². The Morgan fingerprint density at radius 3 is 2.80 bits per heavy atom. The van der Waals surface area contributed by atoms with E-state index in [-0.39, 0.29) is 10.7 Å². The third-order valence-corrected chi connectivity index (χ3v) is 4.49. The highest BCUT2D eigenvalue weighted by atomic mass is 79.9. The van der Waals surface area contributed by atoms with Crippen LogP contribution in [0.1, 0.15) is 21.5 Å². The summed E-state index contributed by atoms with van der Waals surface area (Å²) in [5, 5.41) is 2.85. The summed E-state index contributed by atoms with van der Waals surface area (Å²) in [5.74, 6) is 0.898. The highest BCUT2D eigenvalue weighted by molar-refractivity contribution is 9.09. The average molecular weight is 332 g/mol. The van der Waals surface area contributed by atoms with Crippen molar-refractivity contribution in [1.82, 2.24) is 0 Å². The third kappa shape index (κ3) is 2.43. The van der Waals surface area contributed by atoms with Crippen molar-refractivity contribution in [3.05, 3.63) is 59.2 Å². The van der Waals surface area contributed by atoms with Crippen LogP contribution in [-0.2, 0) is 11.2 Å². The van der Waals surface area contributed by atoms with Crippen LogP contribution in [0.4, 0.5) is 5.69 Å². The lowest BCUT2D eigenvalue weighted by Crippen LogP contribution is -2.03. The molecule has 0 aromatic heterocycles. The van der Waals surface area contributed by atoms with Crippen molar-refractivity contribution in [3.8, 4) is 5.75 Å². The lowest BCUT2D eigenvalue weighted by atomic mass is 10.0. The Balaban J connectivity index is 1.92. The maximum absolute atomic E-state index is 11.4. The van der Waals surface area contributed by atoms with E-state index in [1.807, 2.05) is 30.3 Å². The highest BCUT2D eigenvalue weighted by Gasteiger charge is 2.19. The predicted molar refractivity (Wildman–Crippen MR) is 82.5 cm³/mol. The summed E-state index contributed by atoms with van der Waals surface area (Å²) in [4.78, 5) is 11.5. The zero-order chi connectivity index (χ0) is 14.1. The molecule has 0 aliphatic carbocycles. The molecule has 1 heterocycles. The van der Waals surface area contributed by atoms with E-state index >= 15 is 0 Å². The van der Waals surface area contributed by atoms with Gasteiger partial charge in [0.1, 0.15) is 5.75 Å². The number of carbonyl (C=O) groups excluding carboxylic acids is 1. The van der Waals surface area contributed by atoms with Gasteiger partial charge in [0.25, 0.3) is 0 Å². The second-order valence-corrected chi connectivity index (χ2v) is 5.70. The molecule has 0 saturated heterocycles. The number of carbonyl (C=O) groups is 1. The van der Waals surface area contributed by atoms with Gasteiger partial charge in [-0.05, 0) is 34.9 Å². The van der Waals surface area contributed by atoms with Crippen LogP contribution in [0.5, 0.6) is 5.75 Å². The van der Waals surface area contributed by atoms with E-state index in [1.165, 1.54) is 0 Å². The minimum Gasteiger partial charge on any atom is -0.497 e. The average Bonchev–Trinajstić information content (AvgIpc) is 2.85. The zero-order valence-electron chi connectivity index (χ0n) is 11.0. The summed E-state index contributed by atoms with van der Waals surface area (Å²) in [5.41, 5.74) is 4.24. The Kier molecular flexibility index (Phi) is 3.49. The molecule has 0 fully saturated rings. The topological polar surface area (TPSA) is 38.3 Å². The summed E-state index contributed by atoms with van der Waals surface area (Å²) >= 11 is 3.72. The first kappa shape index (κ1) is 13.2. The molecule has 102 valence electrons. The van der Waals surface area contributed by atoms with Gasteiger partial charge in [-0.3, -0.25) is 4.79 Å². The first-order chi connectivity index (χ1) is 9.67. The van der Waals surface area contributed by atoms with Crippen LogP contribution in [0.2, 0.25) is 0 Å². The van der Waals surface area contributed by atoms with Crippen molar-refractivity contribution in [1.29, 1.82) is 0 Å². The number of rotatable bonds is 3. The van der Waals surface area contributed by atoms with E-state index in [0.29, 0.717) is 6.42 Å². The molecule has 1 atom stereocenters. The molecule has 4 heteroatoms. The maximum atomic E-state index is 11.4. The standard InChI is InChI=1S/C16H14BrNO2/c1-20-13-4-2-3-10(8-13)16(17)11-5-6-14-12(7-11)9-15(19)18-14/h2-8,16H,9H2,1H3,(H,18,19). The van der Waals surface area contributed by atoms with Gasteiger partial charge < -0.3 is 10.1 Å². The summed E-state index contributed by atoms with van der Waals surface area (Å²) < 4.78 is 5.25. The minimum absolute atomic E-state index is 0.0599. The van der Waals surface area contributed by atoms with Gasteiger partial charge >= 0.3 is 0 Å². The number of ether oxygens (including phenoxy) is 1. The number of amides is 1. The first-order valence-electron chi connectivity index (χ1n) is 6.38. The SMILES string of the molecule is COc1cccc(C(Br)c2ccc3c(c2)CC(=O)N3)c1. The van der Waals surface area contributed by atoms with Crippen LogP contribution in [0.25, 0.3) is 0 Å². The number of methoxy groups -OCH3 is 1. The molecule has 3 nitrogen and oxygen atoms in total. The molecule has 0 radical (unpaired) electrons. The van der Waals surface area contributed by atoms with Gasteiger partial charge in [0.05, 0.1) is 18.4 Å². The van der Waals surface area contributed by atoms with E-state index in [4.69, 9.17) is 4.74 Å². The van der Waals surface area contributed by atoms with Gasteiger partial charge in [-0.15, -0.1) is 0 Å². The molecule has 2 aromatic carbocycles.